The van der Waals surface area contributed by atoms with Crippen molar-refractivity contribution in [3.05, 3.63) is 53.3 Å². The predicted octanol–water partition coefficient (Wildman–Crippen LogP) is 1.72. The van der Waals surface area contributed by atoms with Gasteiger partial charge in [0.15, 0.2) is 0 Å². The van der Waals surface area contributed by atoms with Crippen LogP contribution in [0, 0.1) is 0 Å². The molecule has 1 aliphatic heterocycles. The van der Waals surface area contributed by atoms with Gasteiger partial charge in [0.2, 0.25) is 0 Å². The van der Waals surface area contributed by atoms with Gasteiger partial charge in [-0.3, -0.25) is 9.48 Å². The van der Waals surface area contributed by atoms with E-state index in [2.05, 4.69) is 17.2 Å². The molecule has 1 fully saturated rings. The van der Waals surface area contributed by atoms with Crippen LogP contribution in [0.1, 0.15) is 35.5 Å². The third-order valence-electron chi connectivity index (χ3n) is 4.66. The summed E-state index contributed by atoms with van der Waals surface area (Å²) in [6.07, 6.45) is 2.08. The highest BCUT2D eigenvalue weighted by Gasteiger charge is 2.31. The monoisotopic (exact) mass is 343 g/mol. The van der Waals surface area contributed by atoms with Crippen LogP contribution < -0.4 is 0 Å². The van der Waals surface area contributed by atoms with Gasteiger partial charge in [0.05, 0.1) is 49.4 Å². The first-order valence-corrected chi connectivity index (χ1v) is 8.76. The summed E-state index contributed by atoms with van der Waals surface area (Å²) < 4.78 is 7.43. The Morgan fingerprint density at radius 3 is 2.80 bits per heavy atom. The van der Waals surface area contributed by atoms with Crippen LogP contribution in [-0.2, 0) is 17.7 Å². The molecule has 2 heterocycles. The fourth-order valence-corrected chi connectivity index (χ4v) is 3.22. The molecule has 2 atom stereocenters. The smallest absolute Gasteiger partial charge is 0.257 e. The van der Waals surface area contributed by atoms with E-state index >= 15 is 0 Å². The normalized spacial score (nSPS) is 20.7. The van der Waals surface area contributed by atoms with Crippen molar-refractivity contribution in [2.45, 2.75) is 39.0 Å². The Kier molecular flexibility index (Phi) is 5.50. The minimum Gasteiger partial charge on any atom is -0.394 e. The summed E-state index contributed by atoms with van der Waals surface area (Å²) in [5, 5.41) is 13.8. The molecule has 0 aliphatic carbocycles. The number of rotatable bonds is 5. The molecule has 6 heteroatoms. The van der Waals surface area contributed by atoms with Gasteiger partial charge in [-0.25, -0.2) is 0 Å². The third kappa shape index (κ3) is 3.75. The van der Waals surface area contributed by atoms with Crippen molar-refractivity contribution < 1.29 is 14.6 Å². The summed E-state index contributed by atoms with van der Waals surface area (Å²) in [7, 11) is 0. The zero-order valence-electron chi connectivity index (χ0n) is 14.8. The van der Waals surface area contributed by atoms with Crippen LogP contribution >= 0.6 is 0 Å². The Morgan fingerprint density at radius 1 is 1.36 bits per heavy atom. The quantitative estimate of drug-likeness (QED) is 0.898. The van der Waals surface area contributed by atoms with E-state index in [1.807, 2.05) is 36.7 Å². The molecule has 1 saturated heterocycles. The molecular formula is C19H25N3O3. The number of hydrogen-bond donors (Lipinski definition) is 1. The van der Waals surface area contributed by atoms with E-state index in [-0.39, 0.29) is 24.7 Å². The van der Waals surface area contributed by atoms with Gasteiger partial charge in [-0.15, -0.1) is 0 Å². The lowest BCUT2D eigenvalue weighted by molar-refractivity contribution is -0.0667. The van der Waals surface area contributed by atoms with Gasteiger partial charge in [0, 0.05) is 6.54 Å². The highest BCUT2D eigenvalue weighted by molar-refractivity contribution is 5.95. The number of carbonyl (C=O) groups excluding carboxylic acids is 1. The highest BCUT2D eigenvalue weighted by atomic mass is 16.5. The first kappa shape index (κ1) is 17.6. The number of hydrogen-bond acceptors (Lipinski definition) is 4. The molecule has 134 valence electrons. The van der Waals surface area contributed by atoms with E-state index in [1.54, 1.807) is 11.1 Å². The molecule has 2 aromatic rings. The number of amides is 1. The molecule has 1 aliphatic rings. The zero-order chi connectivity index (χ0) is 17.8. The topological polar surface area (TPSA) is 67.6 Å². The van der Waals surface area contributed by atoms with Crippen LogP contribution in [0.25, 0.3) is 0 Å². The second kappa shape index (κ2) is 7.80. The average Bonchev–Trinajstić information content (AvgIpc) is 3.05. The Hall–Kier alpha value is -2.18. The van der Waals surface area contributed by atoms with Gasteiger partial charge in [-0.1, -0.05) is 37.3 Å². The van der Waals surface area contributed by atoms with Crippen LogP contribution in [0.3, 0.4) is 0 Å². The Labute approximate surface area is 148 Å². The molecule has 6 nitrogen and oxygen atoms in total. The molecule has 3 rings (SSSR count). The maximum atomic E-state index is 13.1. The van der Waals surface area contributed by atoms with Gasteiger partial charge in [0.25, 0.3) is 5.91 Å². The second-order valence-electron chi connectivity index (χ2n) is 6.45. The van der Waals surface area contributed by atoms with Crippen LogP contribution in [0.15, 0.2) is 36.5 Å². The van der Waals surface area contributed by atoms with Crippen molar-refractivity contribution in [3.8, 4) is 0 Å². The summed E-state index contributed by atoms with van der Waals surface area (Å²) in [5.41, 5.74) is 2.73. The Balaban J connectivity index is 1.83. The van der Waals surface area contributed by atoms with Crippen molar-refractivity contribution in [1.82, 2.24) is 14.7 Å². The number of morpholine rings is 1. The molecule has 1 aromatic carbocycles. The first-order valence-electron chi connectivity index (χ1n) is 8.76. The summed E-state index contributed by atoms with van der Waals surface area (Å²) in [6.45, 7) is 5.42. The molecule has 25 heavy (non-hydrogen) atoms. The van der Waals surface area contributed by atoms with Gasteiger partial charge in [0.1, 0.15) is 0 Å². The van der Waals surface area contributed by atoms with Crippen LogP contribution in [0.5, 0.6) is 0 Å². The van der Waals surface area contributed by atoms with Crippen molar-refractivity contribution in [2.75, 3.05) is 19.8 Å². The molecule has 1 aromatic heterocycles. The summed E-state index contributed by atoms with van der Waals surface area (Å²) in [5.74, 6) is -0.0367. The molecule has 2 unspecified atom stereocenters. The average molecular weight is 343 g/mol. The number of aliphatic hydroxyl groups excluding tert-OH is 1. The Morgan fingerprint density at radius 2 is 2.12 bits per heavy atom. The molecule has 1 N–H and O–H groups in total. The number of ether oxygens (including phenoxy) is 1. The van der Waals surface area contributed by atoms with Gasteiger partial charge in [-0.05, 0) is 18.9 Å². The predicted molar refractivity (Wildman–Crippen MR) is 94.5 cm³/mol. The summed E-state index contributed by atoms with van der Waals surface area (Å²) in [4.78, 5) is 14.8. The van der Waals surface area contributed by atoms with E-state index in [4.69, 9.17) is 4.74 Å². The SMILES string of the molecule is CCc1c(C(=O)N2CC(CO)OCC2C)cnn1Cc1ccccc1. The minimum atomic E-state index is -0.315. The fraction of sp³-hybridized carbons (Fsp3) is 0.474. The fourth-order valence-electron chi connectivity index (χ4n) is 3.22. The standard InChI is InChI=1S/C19H25N3O3/c1-3-18-17(9-20-22(18)10-15-7-5-4-6-8-15)19(24)21-11-16(12-23)25-13-14(21)2/h4-9,14,16,23H,3,10-13H2,1-2H3. The number of carbonyl (C=O) groups is 1. The summed E-state index contributed by atoms with van der Waals surface area (Å²) in [6, 6.07) is 10.1. The lowest BCUT2D eigenvalue weighted by Gasteiger charge is -2.37. The molecule has 0 spiro atoms. The lowest BCUT2D eigenvalue weighted by atomic mass is 10.1. The maximum absolute atomic E-state index is 13.1. The minimum absolute atomic E-state index is 0.0162. The van der Waals surface area contributed by atoms with Gasteiger partial charge in [-0.2, -0.15) is 5.10 Å². The highest BCUT2D eigenvalue weighted by Crippen LogP contribution is 2.19. The van der Waals surface area contributed by atoms with E-state index in [0.717, 1.165) is 17.7 Å². The van der Waals surface area contributed by atoms with E-state index in [0.29, 0.717) is 25.3 Å². The number of nitrogens with zero attached hydrogens (tertiary/aromatic N) is 3. The van der Waals surface area contributed by atoms with Crippen molar-refractivity contribution >= 4 is 5.91 Å². The van der Waals surface area contributed by atoms with Gasteiger partial charge < -0.3 is 14.7 Å². The maximum Gasteiger partial charge on any atom is 0.257 e. The zero-order valence-corrected chi connectivity index (χ0v) is 14.8. The number of aliphatic hydroxyl groups is 1. The van der Waals surface area contributed by atoms with E-state index in [1.165, 1.54) is 0 Å². The molecule has 1 amide bonds. The Bertz CT molecular complexity index is 714. The van der Waals surface area contributed by atoms with Gasteiger partial charge >= 0.3 is 0 Å². The number of benzene rings is 1. The largest absolute Gasteiger partial charge is 0.394 e. The molecule has 0 saturated carbocycles. The van der Waals surface area contributed by atoms with E-state index < -0.39 is 0 Å². The molecule has 0 radical (unpaired) electrons. The van der Waals surface area contributed by atoms with Crippen molar-refractivity contribution in [3.63, 3.8) is 0 Å². The summed E-state index contributed by atoms with van der Waals surface area (Å²) >= 11 is 0. The van der Waals surface area contributed by atoms with Crippen molar-refractivity contribution in [2.24, 2.45) is 0 Å². The molecular weight excluding hydrogens is 318 g/mol. The number of aromatic nitrogens is 2. The van der Waals surface area contributed by atoms with E-state index in [9.17, 15) is 9.90 Å². The van der Waals surface area contributed by atoms with Crippen LogP contribution in [0.4, 0.5) is 0 Å². The van der Waals surface area contributed by atoms with Crippen LogP contribution in [-0.4, -0.2) is 57.6 Å². The van der Waals surface area contributed by atoms with Crippen molar-refractivity contribution in [1.29, 1.82) is 0 Å². The third-order valence-corrected chi connectivity index (χ3v) is 4.66. The first-order chi connectivity index (χ1) is 12.1. The molecule has 0 bridgehead atoms. The second-order valence-corrected chi connectivity index (χ2v) is 6.45. The van der Waals surface area contributed by atoms with Crippen LogP contribution in [0.2, 0.25) is 0 Å². The lowest BCUT2D eigenvalue weighted by Crippen LogP contribution is -2.52.